The molecule has 12 heavy (non-hydrogen) atoms. The average Bonchev–Trinajstić information content (AvgIpc) is 2.03. The summed E-state index contributed by atoms with van der Waals surface area (Å²) < 4.78 is 1.08. The number of rotatable bonds is 2. The third-order valence-corrected chi connectivity index (χ3v) is 2.44. The van der Waals surface area contributed by atoms with Crippen molar-refractivity contribution in [3.63, 3.8) is 0 Å². The van der Waals surface area contributed by atoms with E-state index in [1.165, 1.54) is 0 Å². The van der Waals surface area contributed by atoms with Crippen LogP contribution in [0.1, 0.15) is 0 Å². The Hall–Kier alpha value is -0.400. The topological polar surface area (TPSA) is 12.0 Å². The van der Waals surface area contributed by atoms with Gasteiger partial charge in [0.15, 0.2) is 0 Å². The molecule has 0 atom stereocenters. The molecule has 0 heterocycles. The number of hydrogen-bond donors (Lipinski definition) is 1. The highest BCUT2D eigenvalue weighted by molar-refractivity contribution is 14.1. The average molecular weight is 292 g/mol. The number of terminal acetylenes is 1. The van der Waals surface area contributed by atoms with Crippen LogP contribution in [0.25, 0.3) is 0 Å². The molecule has 1 N–H and O–H groups in total. The van der Waals surface area contributed by atoms with Gasteiger partial charge in [0.1, 0.15) is 0 Å². The standard InChI is InChI=1S/C9H7ClIN/c1-2-5-12-9-4-3-7(10)6-8(9)11/h1,3-4,6,12H,5H2. The first-order valence-corrected chi connectivity index (χ1v) is 4.82. The maximum atomic E-state index is 5.78. The molecule has 0 aliphatic carbocycles. The summed E-state index contributed by atoms with van der Waals surface area (Å²) in [6.45, 7) is 0.539. The van der Waals surface area contributed by atoms with E-state index in [0.29, 0.717) is 6.54 Å². The fourth-order valence-corrected chi connectivity index (χ4v) is 1.84. The maximum Gasteiger partial charge on any atom is 0.0763 e. The number of anilines is 1. The molecule has 0 aliphatic heterocycles. The van der Waals surface area contributed by atoms with Gasteiger partial charge in [0, 0.05) is 14.3 Å². The zero-order chi connectivity index (χ0) is 8.97. The van der Waals surface area contributed by atoms with Crippen LogP contribution in [0.5, 0.6) is 0 Å². The molecule has 0 saturated carbocycles. The maximum absolute atomic E-state index is 5.78. The highest BCUT2D eigenvalue weighted by Crippen LogP contribution is 2.21. The first-order chi connectivity index (χ1) is 5.74. The lowest BCUT2D eigenvalue weighted by atomic mass is 10.3. The van der Waals surface area contributed by atoms with Gasteiger partial charge < -0.3 is 5.32 Å². The van der Waals surface area contributed by atoms with E-state index < -0.39 is 0 Å². The molecule has 1 aromatic rings. The molecule has 0 amide bonds. The summed E-state index contributed by atoms with van der Waals surface area (Å²) in [5, 5.41) is 3.83. The number of benzene rings is 1. The molecule has 0 radical (unpaired) electrons. The monoisotopic (exact) mass is 291 g/mol. The Morgan fingerprint density at radius 3 is 2.92 bits per heavy atom. The van der Waals surface area contributed by atoms with Crippen molar-refractivity contribution in [2.24, 2.45) is 0 Å². The van der Waals surface area contributed by atoms with E-state index in [1.54, 1.807) is 0 Å². The lowest BCUT2D eigenvalue weighted by molar-refractivity contribution is 1.37. The quantitative estimate of drug-likeness (QED) is 0.652. The van der Waals surface area contributed by atoms with Crippen LogP contribution in [0.4, 0.5) is 5.69 Å². The van der Waals surface area contributed by atoms with Crippen LogP contribution in [0.15, 0.2) is 18.2 Å². The van der Waals surface area contributed by atoms with Crippen molar-refractivity contribution >= 4 is 39.9 Å². The number of hydrogen-bond acceptors (Lipinski definition) is 1. The number of nitrogens with one attached hydrogen (secondary N) is 1. The lowest BCUT2D eigenvalue weighted by Gasteiger charge is -2.04. The van der Waals surface area contributed by atoms with Crippen LogP contribution in [-0.2, 0) is 0 Å². The molecule has 1 aromatic carbocycles. The molecule has 0 saturated heterocycles. The van der Waals surface area contributed by atoms with E-state index in [-0.39, 0.29) is 0 Å². The van der Waals surface area contributed by atoms with Crippen LogP contribution in [-0.4, -0.2) is 6.54 Å². The summed E-state index contributed by atoms with van der Waals surface area (Å²) in [7, 11) is 0. The summed E-state index contributed by atoms with van der Waals surface area (Å²) in [6.07, 6.45) is 5.12. The van der Waals surface area contributed by atoms with Gasteiger partial charge in [-0.1, -0.05) is 17.5 Å². The molecule has 0 aromatic heterocycles. The molecule has 0 fully saturated rings. The van der Waals surface area contributed by atoms with Gasteiger partial charge in [-0.25, -0.2) is 0 Å². The summed E-state index contributed by atoms with van der Waals surface area (Å²) in [6, 6.07) is 5.64. The molecular weight excluding hydrogens is 284 g/mol. The highest BCUT2D eigenvalue weighted by Gasteiger charge is 1.97. The number of halogens is 2. The fraction of sp³-hybridized carbons (Fsp3) is 0.111. The van der Waals surface area contributed by atoms with Crippen molar-refractivity contribution < 1.29 is 0 Å². The van der Waals surface area contributed by atoms with Gasteiger partial charge >= 0.3 is 0 Å². The van der Waals surface area contributed by atoms with Gasteiger partial charge in [0.2, 0.25) is 0 Å². The van der Waals surface area contributed by atoms with Gasteiger partial charge in [-0.3, -0.25) is 0 Å². The second-order valence-electron chi connectivity index (χ2n) is 2.18. The second kappa shape index (κ2) is 4.58. The van der Waals surface area contributed by atoms with Crippen LogP contribution in [0.2, 0.25) is 5.02 Å². The van der Waals surface area contributed by atoms with Gasteiger partial charge in [-0.15, -0.1) is 6.42 Å². The Morgan fingerprint density at radius 1 is 1.58 bits per heavy atom. The normalized spacial score (nSPS) is 9.08. The fourth-order valence-electron chi connectivity index (χ4n) is 0.779. The Bertz CT molecular complexity index is 317. The molecule has 0 bridgehead atoms. The zero-order valence-corrected chi connectivity index (χ0v) is 9.19. The molecule has 1 rings (SSSR count). The lowest BCUT2D eigenvalue weighted by Crippen LogP contribution is -1.99. The van der Waals surface area contributed by atoms with Crippen LogP contribution >= 0.6 is 34.2 Å². The third-order valence-electron chi connectivity index (χ3n) is 1.31. The van der Waals surface area contributed by atoms with Gasteiger partial charge in [0.05, 0.1) is 6.54 Å². The third kappa shape index (κ3) is 2.58. The van der Waals surface area contributed by atoms with E-state index in [0.717, 1.165) is 14.3 Å². The van der Waals surface area contributed by atoms with Gasteiger partial charge in [0.25, 0.3) is 0 Å². The van der Waals surface area contributed by atoms with E-state index in [4.69, 9.17) is 18.0 Å². The zero-order valence-electron chi connectivity index (χ0n) is 6.27. The van der Waals surface area contributed by atoms with Crippen molar-refractivity contribution in [2.45, 2.75) is 0 Å². The van der Waals surface area contributed by atoms with Crippen LogP contribution in [0, 0.1) is 15.9 Å². The van der Waals surface area contributed by atoms with Crippen molar-refractivity contribution in [1.29, 1.82) is 0 Å². The van der Waals surface area contributed by atoms with Crippen molar-refractivity contribution in [3.8, 4) is 12.3 Å². The molecule has 0 unspecified atom stereocenters. The Kier molecular flexibility index (Phi) is 3.70. The Balaban J connectivity index is 2.81. The molecule has 62 valence electrons. The van der Waals surface area contributed by atoms with Crippen molar-refractivity contribution in [3.05, 3.63) is 26.8 Å². The van der Waals surface area contributed by atoms with Crippen LogP contribution < -0.4 is 5.32 Å². The van der Waals surface area contributed by atoms with Crippen LogP contribution in [0.3, 0.4) is 0 Å². The van der Waals surface area contributed by atoms with E-state index in [2.05, 4.69) is 33.8 Å². The Labute approximate surface area is 90.6 Å². The summed E-state index contributed by atoms with van der Waals surface area (Å²) >= 11 is 7.99. The van der Waals surface area contributed by atoms with Crippen molar-refractivity contribution in [1.82, 2.24) is 0 Å². The predicted molar refractivity (Wildman–Crippen MR) is 61.5 cm³/mol. The van der Waals surface area contributed by atoms with E-state index in [9.17, 15) is 0 Å². The van der Waals surface area contributed by atoms with Crippen molar-refractivity contribution in [2.75, 3.05) is 11.9 Å². The SMILES string of the molecule is C#CCNc1ccc(Cl)cc1I. The van der Waals surface area contributed by atoms with Gasteiger partial charge in [-0.2, -0.15) is 0 Å². The van der Waals surface area contributed by atoms with E-state index >= 15 is 0 Å². The molecular formula is C9H7ClIN. The minimum Gasteiger partial charge on any atom is -0.373 e. The summed E-state index contributed by atoms with van der Waals surface area (Å²) in [5.74, 6) is 2.51. The minimum atomic E-state index is 0.539. The summed E-state index contributed by atoms with van der Waals surface area (Å²) in [4.78, 5) is 0. The summed E-state index contributed by atoms with van der Waals surface area (Å²) in [5.41, 5.74) is 1.03. The van der Waals surface area contributed by atoms with E-state index in [1.807, 2.05) is 18.2 Å². The smallest absolute Gasteiger partial charge is 0.0763 e. The largest absolute Gasteiger partial charge is 0.373 e. The van der Waals surface area contributed by atoms with Gasteiger partial charge in [-0.05, 0) is 40.8 Å². The predicted octanol–water partition coefficient (Wildman–Crippen LogP) is 2.99. The molecule has 0 spiro atoms. The molecule has 1 nitrogen and oxygen atoms in total. The first kappa shape index (κ1) is 9.69. The molecule has 3 heteroatoms. The first-order valence-electron chi connectivity index (χ1n) is 3.36. The highest BCUT2D eigenvalue weighted by atomic mass is 127. The second-order valence-corrected chi connectivity index (χ2v) is 3.78. The molecule has 0 aliphatic rings. The minimum absolute atomic E-state index is 0.539. The Morgan fingerprint density at radius 2 is 2.33 bits per heavy atom.